The zero-order valence-corrected chi connectivity index (χ0v) is 10.0. The van der Waals surface area contributed by atoms with E-state index in [0.717, 1.165) is 5.56 Å². The largest absolute Gasteiger partial charge is 0.398 e. The molecule has 0 aliphatic heterocycles. The summed E-state index contributed by atoms with van der Waals surface area (Å²) < 4.78 is 0.197. The van der Waals surface area contributed by atoms with Gasteiger partial charge in [-0.2, -0.15) is 0 Å². The second-order valence-electron chi connectivity index (χ2n) is 3.79. The Labute approximate surface area is 102 Å². The minimum Gasteiger partial charge on any atom is -0.398 e. The monoisotopic (exact) mass is 248 g/mol. The molecule has 2 aromatic rings. The first-order valence-corrected chi connectivity index (χ1v) is 5.38. The number of H-pyrrole nitrogens is 2. The lowest BCUT2D eigenvalue weighted by molar-refractivity contribution is 1.10. The number of aryl methyl sites for hydroxylation is 1. The third-order valence-electron chi connectivity index (χ3n) is 2.45. The highest BCUT2D eigenvalue weighted by atomic mass is 32.1. The van der Waals surface area contributed by atoms with E-state index in [-0.39, 0.29) is 16.1 Å². The van der Waals surface area contributed by atoms with Gasteiger partial charge in [-0.25, -0.2) is 0 Å². The zero-order chi connectivity index (χ0) is 12.6. The number of aromatic nitrogens is 2. The molecule has 0 aliphatic carbocycles. The van der Waals surface area contributed by atoms with Crippen molar-refractivity contribution < 1.29 is 0 Å². The highest BCUT2D eigenvalue weighted by Crippen LogP contribution is 2.27. The summed E-state index contributed by atoms with van der Waals surface area (Å²) in [6.07, 6.45) is 0. The van der Waals surface area contributed by atoms with Crippen LogP contribution in [-0.4, -0.2) is 9.97 Å². The Morgan fingerprint density at radius 2 is 1.94 bits per heavy atom. The first-order valence-electron chi connectivity index (χ1n) is 4.97. The van der Waals surface area contributed by atoms with Gasteiger partial charge in [-0.1, -0.05) is 11.6 Å². The van der Waals surface area contributed by atoms with Gasteiger partial charge in [0.2, 0.25) is 0 Å². The minimum absolute atomic E-state index is 0.197. The molecule has 5 nitrogen and oxygen atoms in total. The fraction of sp³-hybridized carbons (Fsp3) is 0.0909. The molecular weight excluding hydrogens is 236 g/mol. The molecule has 88 valence electrons. The predicted octanol–water partition coefficient (Wildman–Crippen LogP) is 1.57. The Hall–Kier alpha value is -2.08. The number of nitrogens with one attached hydrogen (secondary N) is 2. The summed E-state index contributed by atoms with van der Waals surface area (Å²) in [6, 6.07) is 5.42. The Balaban J connectivity index is 2.81. The van der Waals surface area contributed by atoms with E-state index < -0.39 is 0 Å². The number of rotatable bonds is 1. The Morgan fingerprint density at radius 3 is 2.59 bits per heavy atom. The molecule has 1 aromatic heterocycles. The van der Waals surface area contributed by atoms with Crippen LogP contribution in [0.3, 0.4) is 0 Å². The number of anilines is 2. The molecule has 0 fully saturated rings. The molecule has 0 atom stereocenters. The summed E-state index contributed by atoms with van der Waals surface area (Å²) in [7, 11) is 0. The third kappa shape index (κ3) is 2.07. The quantitative estimate of drug-likeness (QED) is 0.454. The lowest BCUT2D eigenvalue weighted by atomic mass is 10.0. The smallest absolute Gasteiger partial charge is 0.261 e. The van der Waals surface area contributed by atoms with Crippen LogP contribution >= 0.6 is 12.2 Å². The standard InChI is InChI=1S/C11H12N4OS/c1-5-2-3-7(12)6(4-5)8-9(13)14-11(17)15-10(8)16/h2-4H,12H2,1H3,(H4,13,14,15,16,17). The van der Waals surface area contributed by atoms with Gasteiger partial charge in [-0.3, -0.25) is 9.78 Å². The maximum absolute atomic E-state index is 11.8. The fourth-order valence-corrected chi connectivity index (χ4v) is 1.86. The molecule has 0 radical (unpaired) electrons. The van der Waals surface area contributed by atoms with Crippen molar-refractivity contribution in [2.75, 3.05) is 11.5 Å². The summed E-state index contributed by atoms with van der Waals surface area (Å²) in [6.45, 7) is 1.92. The molecular formula is C11H12N4OS. The van der Waals surface area contributed by atoms with Crippen molar-refractivity contribution in [1.82, 2.24) is 9.97 Å². The molecule has 0 spiro atoms. The summed E-state index contributed by atoms with van der Waals surface area (Å²) in [4.78, 5) is 17.0. The molecule has 1 aromatic carbocycles. The summed E-state index contributed by atoms with van der Waals surface area (Å²) in [5, 5.41) is 0. The fourth-order valence-electron chi connectivity index (χ4n) is 1.66. The highest BCUT2D eigenvalue weighted by molar-refractivity contribution is 7.71. The molecule has 2 rings (SSSR count). The average molecular weight is 248 g/mol. The van der Waals surface area contributed by atoms with E-state index in [1.165, 1.54) is 0 Å². The Kier molecular flexibility index (Phi) is 2.72. The van der Waals surface area contributed by atoms with Crippen LogP contribution in [0.1, 0.15) is 5.56 Å². The SMILES string of the molecule is Cc1ccc(N)c(-c2c(N)[nH]c(=S)[nH]c2=O)c1. The Morgan fingerprint density at radius 1 is 1.24 bits per heavy atom. The van der Waals surface area contributed by atoms with E-state index in [4.69, 9.17) is 23.7 Å². The zero-order valence-electron chi connectivity index (χ0n) is 9.20. The maximum atomic E-state index is 11.8. The molecule has 0 saturated carbocycles. The molecule has 0 bridgehead atoms. The number of nitrogens with two attached hydrogens (primary N) is 2. The second-order valence-corrected chi connectivity index (χ2v) is 4.20. The normalized spacial score (nSPS) is 10.4. The van der Waals surface area contributed by atoms with Crippen LogP contribution in [0.25, 0.3) is 11.1 Å². The predicted molar refractivity (Wildman–Crippen MR) is 71.2 cm³/mol. The van der Waals surface area contributed by atoms with E-state index in [1.54, 1.807) is 6.07 Å². The van der Waals surface area contributed by atoms with E-state index in [2.05, 4.69) is 9.97 Å². The van der Waals surface area contributed by atoms with Gasteiger partial charge in [0.05, 0.1) is 5.56 Å². The van der Waals surface area contributed by atoms with E-state index >= 15 is 0 Å². The molecule has 0 unspecified atom stereocenters. The van der Waals surface area contributed by atoms with Crippen molar-refractivity contribution in [2.45, 2.75) is 6.92 Å². The molecule has 6 N–H and O–H groups in total. The van der Waals surface area contributed by atoms with Gasteiger partial charge >= 0.3 is 0 Å². The van der Waals surface area contributed by atoms with Crippen LogP contribution < -0.4 is 17.0 Å². The van der Waals surface area contributed by atoms with Crippen molar-refractivity contribution in [3.8, 4) is 11.1 Å². The van der Waals surface area contributed by atoms with E-state index in [0.29, 0.717) is 16.8 Å². The van der Waals surface area contributed by atoms with Crippen LogP contribution in [0.5, 0.6) is 0 Å². The maximum Gasteiger partial charge on any atom is 0.261 e. The van der Waals surface area contributed by atoms with Crippen molar-refractivity contribution >= 4 is 23.7 Å². The summed E-state index contributed by atoms with van der Waals surface area (Å²) >= 11 is 4.83. The van der Waals surface area contributed by atoms with Gasteiger partial charge in [-0.15, -0.1) is 0 Å². The van der Waals surface area contributed by atoms with Gasteiger partial charge < -0.3 is 16.5 Å². The number of hydrogen-bond donors (Lipinski definition) is 4. The minimum atomic E-state index is -0.344. The number of hydrogen-bond acceptors (Lipinski definition) is 4. The molecule has 6 heteroatoms. The van der Waals surface area contributed by atoms with Gasteiger partial charge in [0, 0.05) is 11.3 Å². The third-order valence-corrected chi connectivity index (χ3v) is 2.65. The summed E-state index contributed by atoms with van der Waals surface area (Å²) in [5.74, 6) is 0.219. The van der Waals surface area contributed by atoms with Crippen LogP contribution in [0.2, 0.25) is 0 Å². The van der Waals surface area contributed by atoms with Gasteiger partial charge in [0.15, 0.2) is 4.77 Å². The molecule has 17 heavy (non-hydrogen) atoms. The topological polar surface area (TPSA) is 101 Å². The number of aromatic amines is 2. The van der Waals surface area contributed by atoms with Crippen molar-refractivity contribution in [3.05, 3.63) is 38.9 Å². The number of benzene rings is 1. The molecule has 0 saturated heterocycles. The van der Waals surface area contributed by atoms with Crippen molar-refractivity contribution in [2.24, 2.45) is 0 Å². The van der Waals surface area contributed by atoms with Crippen LogP contribution in [-0.2, 0) is 0 Å². The lowest BCUT2D eigenvalue weighted by Gasteiger charge is -2.08. The number of nitrogen functional groups attached to an aromatic ring is 2. The molecule has 0 aliphatic rings. The lowest BCUT2D eigenvalue weighted by Crippen LogP contribution is -2.14. The van der Waals surface area contributed by atoms with Gasteiger partial charge in [0.25, 0.3) is 5.56 Å². The molecule has 1 heterocycles. The van der Waals surface area contributed by atoms with E-state index in [1.807, 2.05) is 19.1 Å². The first kappa shape index (κ1) is 11.4. The van der Waals surface area contributed by atoms with Gasteiger partial charge in [0.1, 0.15) is 5.82 Å². The van der Waals surface area contributed by atoms with Crippen LogP contribution in [0.4, 0.5) is 11.5 Å². The summed E-state index contributed by atoms with van der Waals surface area (Å²) in [5.41, 5.74) is 13.7. The highest BCUT2D eigenvalue weighted by Gasteiger charge is 2.11. The van der Waals surface area contributed by atoms with Crippen LogP contribution in [0.15, 0.2) is 23.0 Å². The second kappa shape index (κ2) is 4.06. The van der Waals surface area contributed by atoms with Crippen LogP contribution in [0, 0.1) is 11.7 Å². The Bertz CT molecular complexity index is 687. The molecule has 0 amide bonds. The van der Waals surface area contributed by atoms with Crippen molar-refractivity contribution in [3.63, 3.8) is 0 Å². The van der Waals surface area contributed by atoms with Crippen molar-refractivity contribution in [1.29, 1.82) is 0 Å². The average Bonchev–Trinajstić information content (AvgIpc) is 2.21. The first-order chi connectivity index (χ1) is 7.99. The van der Waals surface area contributed by atoms with Gasteiger partial charge in [-0.05, 0) is 31.3 Å². The van der Waals surface area contributed by atoms with E-state index in [9.17, 15) is 4.79 Å².